The molecule has 1 aromatic heterocycles. The van der Waals surface area contributed by atoms with Crippen LogP contribution in [0.5, 0.6) is 0 Å². The SMILES string of the molecule is CN(C)C(=O)CN=C(NCCc1ccco1)N(C)Cc1cccc(Cl)c1.I. The minimum absolute atomic E-state index is 0. The molecular formula is C19H26ClIN4O2. The number of guanidine groups is 1. The van der Waals surface area contributed by atoms with Crippen LogP contribution < -0.4 is 5.32 Å². The minimum Gasteiger partial charge on any atom is -0.469 e. The molecule has 0 unspecified atom stereocenters. The van der Waals surface area contributed by atoms with E-state index in [4.69, 9.17) is 16.0 Å². The zero-order valence-electron chi connectivity index (χ0n) is 15.8. The Kier molecular flexibility index (Phi) is 10.2. The highest BCUT2D eigenvalue weighted by Gasteiger charge is 2.10. The lowest BCUT2D eigenvalue weighted by atomic mass is 10.2. The van der Waals surface area contributed by atoms with Gasteiger partial charge in [-0.15, -0.1) is 24.0 Å². The van der Waals surface area contributed by atoms with Crippen LogP contribution in [0.3, 0.4) is 0 Å². The van der Waals surface area contributed by atoms with Crippen LogP contribution in [0, 0.1) is 0 Å². The first-order valence-electron chi connectivity index (χ1n) is 8.42. The molecule has 0 saturated heterocycles. The lowest BCUT2D eigenvalue weighted by Crippen LogP contribution is -2.40. The third-order valence-electron chi connectivity index (χ3n) is 3.77. The van der Waals surface area contributed by atoms with Crippen molar-refractivity contribution in [2.75, 3.05) is 34.2 Å². The van der Waals surface area contributed by atoms with Crippen LogP contribution in [0.2, 0.25) is 5.02 Å². The van der Waals surface area contributed by atoms with Crippen molar-refractivity contribution in [3.8, 4) is 0 Å². The van der Waals surface area contributed by atoms with Gasteiger partial charge < -0.3 is 19.5 Å². The molecule has 1 aromatic carbocycles. The first kappa shape index (κ1) is 23.3. The summed E-state index contributed by atoms with van der Waals surface area (Å²) in [6, 6.07) is 11.5. The number of furan rings is 1. The number of carbonyl (C=O) groups excluding carboxylic acids is 1. The first-order valence-corrected chi connectivity index (χ1v) is 8.80. The Morgan fingerprint density at radius 1 is 1.22 bits per heavy atom. The Balaban J connectivity index is 0.00000364. The summed E-state index contributed by atoms with van der Waals surface area (Å²) in [6.07, 6.45) is 2.39. The second kappa shape index (κ2) is 11.9. The second-order valence-electron chi connectivity index (χ2n) is 6.17. The highest BCUT2D eigenvalue weighted by atomic mass is 127. The number of aliphatic imine (C=N–C) groups is 1. The summed E-state index contributed by atoms with van der Waals surface area (Å²) in [7, 11) is 5.37. The molecule has 0 atom stereocenters. The van der Waals surface area contributed by atoms with Gasteiger partial charge in [0, 0.05) is 45.7 Å². The number of carbonyl (C=O) groups is 1. The van der Waals surface area contributed by atoms with E-state index in [2.05, 4.69) is 10.3 Å². The first-order chi connectivity index (χ1) is 12.5. The predicted octanol–water partition coefficient (Wildman–Crippen LogP) is 3.26. The molecule has 6 nitrogen and oxygen atoms in total. The maximum atomic E-state index is 11.9. The largest absolute Gasteiger partial charge is 0.469 e. The van der Waals surface area contributed by atoms with Gasteiger partial charge in [0.1, 0.15) is 12.3 Å². The zero-order valence-corrected chi connectivity index (χ0v) is 18.9. The number of amides is 1. The van der Waals surface area contributed by atoms with E-state index in [0.717, 1.165) is 17.7 Å². The smallest absolute Gasteiger partial charge is 0.243 e. The van der Waals surface area contributed by atoms with Crippen molar-refractivity contribution in [3.63, 3.8) is 0 Å². The molecule has 0 saturated carbocycles. The summed E-state index contributed by atoms with van der Waals surface area (Å²) >= 11 is 6.06. The van der Waals surface area contributed by atoms with Gasteiger partial charge in [0.25, 0.3) is 0 Å². The van der Waals surface area contributed by atoms with Crippen LogP contribution in [0.4, 0.5) is 0 Å². The predicted molar refractivity (Wildman–Crippen MR) is 120 cm³/mol. The van der Waals surface area contributed by atoms with Gasteiger partial charge in [-0.1, -0.05) is 23.7 Å². The van der Waals surface area contributed by atoms with Gasteiger partial charge in [-0.2, -0.15) is 0 Å². The molecule has 2 aromatic rings. The maximum absolute atomic E-state index is 11.9. The van der Waals surface area contributed by atoms with Gasteiger partial charge in [0.2, 0.25) is 5.91 Å². The van der Waals surface area contributed by atoms with E-state index in [-0.39, 0.29) is 36.4 Å². The fourth-order valence-electron chi connectivity index (χ4n) is 2.33. The van der Waals surface area contributed by atoms with Crippen LogP contribution in [0.1, 0.15) is 11.3 Å². The molecule has 2 rings (SSSR count). The Hall–Kier alpha value is -1.74. The van der Waals surface area contributed by atoms with Crippen molar-refractivity contribution < 1.29 is 9.21 Å². The molecule has 1 heterocycles. The minimum atomic E-state index is -0.0495. The Labute approximate surface area is 182 Å². The summed E-state index contributed by atoms with van der Waals surface area (Å²) in [5, 5.41) is 4.00. The number of halogens is 2. The molecule has 148 valence electrons. The summed E-state index contributed by atoms with van der Waals surface area (Å²) in [5.41, 5.74) is 1.07. The standard InChI is InChI=1S/C19H25ClN4O2.HI/c1-23(2)18(25)13-22-19(21-10-9-17-8-5-11-26-17)24(3)14-15-6-4-7-16(20)12-15;/h4-8,11-12H,9-10,13-14H2,1-3H3,(H,21,22);1H. The van der Waals surface area contributed by atoms with Crippen molar-refractivity contribution in [3.05, 3.63) is 59.0 Å². The molecule has 0 bridgehead atoms. The number of nitrogens with zero attached hydrogens (tertiary/aromatic N) is 3. The number of hydrogen-bond donors (Lipinski definition) is 1. The molecule has 0 fully saturated rings. The molecule has 8 heteroatoms. The quantitative estimate of drug-likeness (QED) is 0.357. The van der Waals surface area contributed by atoms with Crippen LogP contribution in [0.15, 0.2) is 52.1 Å². The highest BCUT2D eigenvalue weighted by molar-refractivity contribution is 14.0. The molecule has 27 heavy (non-hydrogen) atoms. The number of benzene rings is 1. The summed E-state index contributed by atoms with van der Waals surface area (Å²) in [4.78, 5) is 19.8. The van der Waals surface area contributed by atoms with Crippen molar-refractivity contribution in [1.82, 2.24) is 15.1 Å². The van der Waals surface area contributed by atoms with Gasteiger partial charge in [-0.25, -0.2) is 4.99 Å². The van der Waals surface area contributed by atoms with E-state index in [9.17, 15) is 4.79 Å². The average Bonchev–Trinajstić information content (AvgIpc) is 3.10. The van der Waals surface area contributed by atoms with Crippen molar-refractivity contribution in [1.29, 1.82) is 0 Å². The molecule has 0 aliphatic rings. The molecule has 0 spiro atoms. The summed E-state index contributed by atoms with van der Waals surface area (Å²) in [6.45, 7) is 1.38. The van der Waals surface area contributed by atoms with E-state index in [1.807, 2.05) is 48.3 Å². The fraction of sp³-hybridized carbons (Fsp3) is 0.368. The van der Waals surface area contributed by atoms with E-state index < -0.39 is 0 Å². The van der Waals surface area contributed by atoms with Gasteiger partial charge >= 0.3 is 0 Å². The lowest BCUT2D eigenvalue weighted by molar-refractivity contribution is -0.127. The molecule has 0 aliphatic heterocycles. The van der Waals surface area contributed by atoms with Crippen LogP contribution >= 0.6 is 35.6 Å². The fourth-order valence-corrected chi connectivity index (χ4v) is 2.54. The van der Waals surface area contributed by atoms with Crippen molar-refractivity contribution in [2.24, 2.45) is 4.99 Å². The second-order valence-corrected chi connectivity index (χ2v) is 6.61. The average molecular weight is 505 g/mol. The van der Waals surface area contributed by atoms with Crippen molar-refractivity contribution >= 4 is 47.4 Å². The third-order valence-corrected chi connectivity index (χ3v) is 4.00. The number of likely N-dealkylation sites (N-methyl/N-ethyl adjacent to an activating group) is 1. The van der Waals surface area contributed by atoms with E-state index in [1.165, 1.54) is 4.90 Å². The van der Waals surface area contributed by atoms with Crippen LogP contribution in [0.25, 0.3) is 0 Å². The molecule has 1 amide bonds. The van der Waals surface area contributed by atoms with Crippen LogP contribution in [-0.4, -0.2) is 55.9 Å². The Bertz CT molecular complexity index is 735. The van der Waals surface area contributed by atoms with E-state index in [0.29, 0.717) is 24.1 Å². The third kappa shape index (κ3) is 8.21. The molecular weight excluding hydrogens is 479 g/mol. The Morgan fingerprint density at radius 3 is 2.63 bits per heavy atom. The molecule has 1 N–H and O–H groups in total. The van der Waals surface area contributed by atoms with Crippen LogP contribution in [-0.2, 0) is 17.8 Å². The molecule has 0 aliphatic carbocycles. The number of rotatable bonds is 7. The van der Waals surface area contributed by atoms with E-state index in [1.54, 1.807) is 20.4 Å². The number of hydrogen-bond acceptors (Lipinski definition) is 3. The van der Waals surface area contributed by atoms with Gasteiger partial charge in [-0.05, 0) is 29.8 Å². The van der Waals surface area contributed by atoms with Crippen molar-refractivity contribution in [2.45, 2.75) is 13.0 Å². The summed E-state index contributed by atoms with van der Waals surface area (Å²) < 4.78 is 5.35. The maximum Gasteiger partial charge on any atom is 0.243 e. The lowest BCUT2D eigenvalue weighted by Gasteiger charge is -2.23. The topological polar surface area (TPSA) is 61.1 Å². The molecule has 0 radical (unpaired) electrons. The summed E-state index contributed by atoms with van der Waals surface area (Å²) in [5.74, 6) is 1.51. The van der Waals surface area contributed by atoms with E-state index >= 15 is 0 Å². The number of nitrogens with one attached hydrogen (secondary N) is 1. The van der Waals surface area contributed by atoms with Gasteiger partial charge in [-0.3, -0.25) is 4.79 Å². The normalized spacial score (nSPS) is 10.9. The van der Waals surface area contributed by atoms with Gasteiger partial charge in [0.05, 0.1) is 6.26 Å². The highest BCUT2D eigenvalue weighted by Crippen LogP contribution is 2.12. The Morgan fingerprint density at radius 2 is 2.00 bits per heavy atom. The zero-order chi connectivity index (χ0) is 18.9. The monoisotopic (exact) mass is 504 g/mol. The van der Waals surface area contributed by atoms with Gasteiger partial charge in [0.15, 0.2) is 5.96 Å².